The van der Waals surface area contributed by atoms with Gasteiger partial charge in [-0.2, -0.15) is 26.3 Å². The van der Waals surface area contributed by atoms with E-state index in [1.807, 2.05) is 24.3 Å². The summed E-state index contributed by atoms with van der Waals surface area (Å²) in [6.45, 7) is 4.12. The number of anilines is 1. The molecule has 4 amide bonds. The lowest BCUT2D eigenvalue weighted by atomic mass is 9.98. The van der Waals surface area contributed by atoms with Crippen LogP contribution in [0.5, 0.6) is 0 Å². The van der Waals surface area contributed by atoms with E-state index in [0.29, 0.717) is 77.1 Å². The van der Waals surface area contributed by atoms with Crippen LogP contribution >= 0.6 is 0 Å². The highest BCUT2D eigenvalue weighted by molar-refractivity contribution is 5.91. The summed E-state index contributed by atoms with van der Waals surface area (Å²) in [4.78, 5) is 47.3. The molecule has 4 heterocycles. The first kappa shape index (κ1) is 36.7. The van der Waals surface area contributed by atoms with Crippen LogP contribution in [0.15, 0.2) is 42.5 Å². The first-order chi connectivity index (χ1) is 24.3. The van der Waals surface area contributed by atoms with Crippen LogP contribution in [0, 0.1) is 0 Å². The molecule has 3 saturated heterocycles. The van der Waals surface area contributed by atoms with Crippen molar-refractivity contribution < 1.29 is 50.2 Å². The predicted octanol–water partition coefficient (Wildman–Crippen LogP) is 5.65. The molecule has 4 aliphatic rings. The summed E-state index contributed by atoms with van der Waals surface area (Å²) in [5.74, 6) is -0.676. The van der Waals surface area contributed by atoms with Gasteiger partial charge in [0.2, 0.25) is 0 Å². The Morgan fingerprint density at radius 2 is 1.39 bits per heavy atom. The van der Waals surface area contributed by atoms with Crippen molar-refractivity contribution in [3.05, 3.63) is 64.7 Å². The Bertz CT molecular complexity index is 1530. The summed E-state index contributed by atoms with van der Waals surface area (Å²) < 4.78 is 93.1. The number of para-hydroxylation sites is 1. The number of likely N-dealkylation sites (tertiary alicyclic amines) is 2. The van der Waals surface area contributed by atoms with Gasteiger partial charge in [0, 0.05) is 70.0 Å². The number of nitrogens with zero attached hydrogens (tertiary/aromatic N) is 4. The Morgan fingerprint density at radius 3 is 2.02 bits per heavy atom. The summed E-state index contributed by atoms with van der Waals surface area (Å²) >= 11 is 0. The number of halogens is 6. The summed E-state index contributed by atoms with van der Waals surface area (Å²) in [7, 11) is 0. The third kappa shape index (κ3) is 8.88. The largest absolute Gasteiger partial charge is 0.436 e. The lowest BCUT2D eigenvalue weighted by Gasteiger charge is -2.41. The monoisotopic (exact) mass is 725 g/mol. The van der Waals surface area contributed by atoms with Gasteiger partial charge in [0.1, 0.15) is 0 Å². The molecule has 0 aromatic heterocycles. The van der Waals surface area contributed by atoms with Gasteiger partial charge in [-0.1, -0.05) is 18.2 Å². The second-order valence-electron chi connectivity index (χ2n) is 13.4. The summed E-state index contributed by atoms with van der Waals surface area (Å²) in [5, 5.41) is 2.93. The molecule has 6 rings (SSSR count). The first-order valence-electron chi connectivity index (χ1n) is 17.3. The van der Waals surface area contributed by atoms with E-state index in [-0.39, 0.29) is 37.3 Å². The van der Waals surface area contributed by atoms with Gasteiger partial charge >= 0.3 is 24.5 Å². The van der Waals surface area contributed by atoms with Crippen LogP contribution in [0.1, 0.15) is 47.9 Å². The number of rotatable bonds is 6. The van der Waals surface area contributed by atoms with E-state index in [1.54, 1.807) is 4.90 Å². The number of carbonyl (C=O) groups excluding carboxylic acids is 3. The number of amides is 4. The maximum absolute atomic E-state index is 13.9. The van der Waals surface area contributed by atoms with Gasteiger partial charge in [-0.25, -0.2) is 9.59 Å². The number of nitrogens with one attached hydrogen (secondary N) is 1. The van der Waals surface area contributed by atoms with E-state index in [0.717, 1.165) is 24.3 Å². The number of hydrogen-bond donors (Lipinski definition) is 1. The number of piperidine rings is 2. The van der Waals surface area contributed by atoms with E-state index < -0.39 is 53.6 Å². The molecule has 4 aliphatic heterocycles. The average Bonchev–Trinajstić information content (AvgIpc) is 3.28. The second kappa shape index (κ2) is 15.3. The molecule has 10 nitrogen and oxygen atoms in total. The van der Waals surface area contributed by atoms with Crippen LogP contribution < -0.4 is 5.32 Å². The van der Waals surface area contributed by atoms with Gasteiger partial charge < -0.3 is 29.5 Å². The molecule has 0 bridgehead atoms. The van der Waals surface area contributed by atoms with Crippen molar-refractivity contribution in [2.24, 2.45) is 0 Å². The Morgan fingerprint density at radius 1 is 0.804 bits per heavy atom. The van der Waals surface area contributed by atoms with Gasteiger partial charge in [0.05, 0.1) is 24.3 Å². The minimum atomic E-state index is -5.08. The molecule has 0 saturated carbocycles. The molecule has 1 N–H and O–H groups in total. The fraction of sp³-hybridized carbons (Fsp3) is 0.571. The average molecular weight is 726 g/mol. The van der Waals surface area contributed by atoms with Crippen molar-refractivity contribution in [2.45, 2.75) is 69.1 Å². The highest BCUT2D eigenvalue weighted by atomic mass is 19.4. The van der Waals surface area contributed by atoms with E-state index in [1.165, 1.54) is 9.80 Å². The van der Waals surface area contributed by atoms with Gasteiger partial charge in [0.15, 0.2) is 6.10 Å². The summed E-state index contributed by atoms with van der Waals surface area (Å²) in [6, 6.07) is 8.43. The summed E-state index contributed by atoms with van der Waals surface area (Å²) in [6.07, 6.45) is -10.7. The number of alkyl halides is 6. The lowest BCUT2D eigenvalue weighted by Crippen LogP contribution is -2.53. The third-order valence-corrected chi connectivity index (χ3v) is 10.2. The fourth-order valence-electron chi connectivity index (χ4n) is 7.42. The highest BCUT2D eigenvalue weighted by Crippen LogP contribution is 2.37. The van der Waals surface area contributed by atoms with Crippen LogP contribution in [0.4, 0.5) is 41.6 Å². The molecule has 1 atom stereocenters. The number of fused-ring (bicyclic) bond motifs is 1. The molecule has 51 heavy (non-hydrogen) atoms. The van der Waals surface area contributed by atoms with Crippen LogP contribution in [0.25, 0.3) is 0 Å². The predicted molar refractivity (Wildman–Crippen MR) is 173 cm³/mol. The van der Waals surface area contributed by atoms with Crippen molar-refractivity contribution in [3.63, 3.8) is 0 Å². The van der Waals surface area contributed by atoms with E-state index in [9.17, 15) is 40.7 Å². The van der Waals surface area contributed by atoms with Crippen LogP contribution in [0.3, 0.4) is 0 Å². The van der Waals surface area contributed by atoms with Crippen molar-refractivity contribution >= 4 is 23.7 Å². The molecule has 1 unspecified atom stereocenters. The SMILES string of the molecule is O=C(OC(Cc1cc(C(F)(F)F)cc(C(F)(F)F)c1)C(=O)N1CCC(N2CCOCC2)CC1)N1CCC(N2CCc3ccccc3NC2=O)CC1. The topological polar surface area (TPSA) is 94.7 Å². The van der Waals surface area contributed by atoms with Gasteiger partial charge in [0.25, 0.3) is 5.91 Å². The van der Waals surface area contributed by atoms with E-state index >= 15 is 0 Å². The minimum absolute atomic E-state index is 0.0240. The second-order valence-corrected chi connectivity index (χ2v) is 13.4. The Labute approximate surface area is 291 Å². The Balaban J connectivity index is 1.15. The van der Waals surface area contributed by atoms with E-state index in [2.05, 4.69) is 10.2 Å². The lowest BCUT2D eigenvalue weighted by molar-refractivity contribution is -0.143. The Kier molecular flexibility index (Phi) is 11.0. The normalized spacial score (nSPS) is 20.7. The molecule has 16 heteroatoms. The number of morpholine rings is 1. The summed E-state index contributed by atoms with van der Waals surface area (Å²) in [5.41, 5.74) is -1.70. The van der Waals surface area contributed by atoms with Crippen LogP contribution in [-0.4, -0.2) is 115 Å². The van der Waals surface area contributed by atoms with E-state index in [4.69, 9.17) is 9.47 Å². The number of urea groups is 1. The fourth-order valence-corrected chi connectivity index (χ4v) is 7.42. The molecule has 3 fully saturated rings. The quantitative estimate of drug-likeness (QED) is 0.387. The smallest absolute Gasteiger partial charge is 0.416 e. The van der Waals surface area contributed by atoms with Gasteiger partial charge in [-0.05, 0) is 67.5 Å². The number of hydrogen-bond acceptors (Lipinski definition) is 6. The molecular formula is C35H41F6N5O5. The zero-order chi connectivity index (χ0) is 36.3. The standard InChI is InChI=1S/C35H41F6N5O5/c36-34(37,38)25-19-23(20-26(22-25)35(39,40)41)21-30(31(47)44-10-6-27(7-11-44)43-15-17-50-18-16-43)51-33(49)45-12-8-28(9-13-45)46-14-5-24-3-1-2-4-29(24)42-32(46)48/h1-4,19-20,22,27-28,30H,5-18,21H2,(H,42,48). The maximum atomic E-state index is 13.9. The zero-order valence-corrected chi connectivity index (χ0v) is 28.0. The van der Waals surface area contributed by atoms with Gasteiger partial charge in [-0.3, -0.25) is 9.69 Å². The van der Waals surface area contributed by atoms with Crippen molar-refractivity contribution in [2.75, 3.05) is 64.3 Å². The molecule has 0 radical (unpaired) electrons. The molecule has 0 aliphatic carbocycles. The maximum Gasteiger partial charge on any atom is 0.416 e. The molecule has 2 aromatic carbocycles. The molecular weight excluding hydrogens is 684 g/mol. The van der Waals surface area contributed by atoms with Crippen molar-refractivity contribution in [3.8, 4) is 0 Å². The number of carbonyl (C=O) groups is 3. The highest BCUT2D eigenvalue weighted by Gasteiger charge is 2.40. The van der Waals surface area contributed by atoms with Crippen molar-refractivity contribution in [1.82, 2.24) is 19.6 Å². The molecule has 278 valence electrons. The zero-order valence-electron chi connectivity index (χ0n) is 28.0. The third-order valence-electron chi connectivity index (χ3n) is 10.2. The molecule has 0 spiro atoms. The van der Waals surface area contributed by atoms with Gasteiger partial charge in [-0.15, -0.1) is 0 Å². The minimum Gasteiger partial charge on any atom is -0.436 e. The van der Waals surface area contributed by atoms with Crippen LogP contribution in [0.2, 0.25) is 0 Å². The molecule has 2 aromatic rings. The van der Waals surface area contributed by atoms with Crippen molar-refractivity contribution in [1.29, 1.82) is 0 Å². The number of ether oxygens (including phenoxy) is 2. The number of benzene rings is 2. The van der Waals surface area contributed by atoms with Crippen LogP contribution in [-0.2, 0) is 39.5 Å². The first-order valence-corrected chi connectivity index (χ1v) is 17.3. The Hall–Kier alpha value is -4.05.